The van der Waals surface area contributed by atoms with Crippen LogP contribution in [0.5, 0.6) is 5.75 Å². The number of rotatable bonds is 4. The number of aromatic hydroxyl groups is 1. The summed E-state index contributed by atoms with van der Waals surface area (Å²) >= 11 is 0. The molecule has 1 fully saturated rings. The summed E-state index contributed by atoms with van der Waals surface area (Å²) in [7, 11) is 0. The Morgan fingerprint density at radius 3 is 2.85 bits per heavy atom. The first-order valence-electron chi connectivity index (χ1n) is 6.78. The maximum Gasteiger partial charge on any atom is 0.303 e. The van der Waals surface area contributed by atoms with Crippen molar-refractivity contribution in [2.24, 2.45) is 5.92 Å². The maximum atomic E-state index is 12.4. The van der Waals surface area contributed by atoms with Crippen LogP contribution in [0.15, 0.2) is 18.2 Å². The summed E-state index contributed by atoms with van der Waals surface area (Å²) < 4.78 is 0. The van der Waals surface area contributed by atoms with Gasteiger partial charge in [-0.1, -0.05) is 12.1 Å². The van der Waals surface area contributed by atoms with Gasteiger partial charge in [0.15, 0.2) is 0 Å². The first kappa shape index (κ1) is 14.4. The number of aryl methyl sites for hydroxylation is 1. The summed E-state index contributed by atoms with van der Waals surface area (Å²) in [6.07, 6.45) is 1.56. The molecule has 5 heteroatoms. The third-order valence-corrected chi connectivity index (χ3v) is 3.81. The van der Waals surface area contributed by atoms with Crippen LogP contribution in [-0.4, -0.2) is 40.1 Å². The molecule has 1 amide bonds. The van der Waals surface area contributed by atoms with E-state index >= 15 is 0 Å². The van der Waals surface area contributed by atoms with Crippen LogP contribution in [0.1, 0.15) is 35.2 Å². The highest BCUT2D eigenvalue weighted by Crippen LogP contribution is 2.27. The molecule has 1 aromatic rings. The van der Waals surface area contributed by atoms with Gasteiger partial charge in [0.2, 0.25) is 0 Å². The van der Waals surface area contributed by atoms with E-state index in [1.165, 1.54) is 0 Å². The molecule has 1 heterocycles. The summed E-state index contributed by atoms with van der Waals surface area (Å²) in [5.41, 5.74) is 1.00. The number of hydrogen-bond donors (Lipinski definition) is 2. The fourth-order valence-electron chi connectivity index (χ4n) is 2.58. The highest BCUT2D eigenvalue weighted by atomic mass is 16.4. The number of amides is 1. The van der Waals surface area contributed by atoms with Crippen molar-refractivity contribution >= 4 is 11.9 Å². The van der Waals surface area contributed by atoms with E-state index in [0.29, 0.717) is 30.6 Å². The number of phenols is 1. The highest BCUT2D eigenvalue weighted by molar-refractivity contribution is 5.97. The van der Waals surface area contributed by atoms with Crippen molar-refractivity contribution in [2.75, 3.05) is 13.1 Å². The Kier molecular flexibility index (Phi) is 4.27. The van der Waals surface area contributed by atoms with Gasteiger partial charge in [0.1, 0.15) is 5.75 Å². The van der Waals surface area contributed by atoms with Crippen LogP contribution in [0.25, 0.3) is 0 Å². The van der Waals surface area contributed by atoms with Crippen molar-refractivity contribution in [3.05, 3.63) is 29.3 Å². The number of carbonyl (C=O) groups is 2. The lowest BCUT2D eigenvalue weighted by atomic mass is 10.0. The van der Waals surface area contributed by atoms with Crippen LogP contribution in [0.4, 0.5) is 0 Å². The zero-order chi connectivity index (χ0) is 14.7. The molecule has 0 spiro atoms. The topological polar surface area (TPSA) is 77.8 Å². The summed E-state index contributed by atoms with van der Waals surface area (Å²) in [5.74, 6) is -0.705. The molecule has 0 aromatic heterocycles. The van der Waals surface area contributed by atoms with Crippen LogP contribution < -0.4 is 0 Å². The molecule has 20 heavy (non-hydrogen) atoms. The van der Waals surface area contributed by atoms with E-state index in [4.69, 9.17) is 5.11 Å². The van der Waals surface area contributed by atoms with Gasteiger partial charge in [0.05, 0.1) is 5.56 Å². The minimum absolute atomic E-state index is 0.0338. The molecule has 0 aliphatic carbocycles. The number of carbonyl (C=O) groups excluding carboxylic acids is 1. The lowest BCUT2D eigenvalue weighted by molar-refractivity contribution is -0.137. The summed E-state index contributed by atoms with van der Waals surface area (Å²) in [6, 6.07) is 5.13. The average Bonchev–Trinajstić information content (AvgIpc) is 2.87. The Morgan fingerprint density at radius 2 is 2.15 bits per heavy atom. The average molecular weight is 277 g/mol. The first-order valence-corrected chi connectivity index (χ1v) is 6.78. The second-order valence-electron chi connectivity index (χ2n) is 5.31. The lowest BCUT2D eigenvalue weighted by Gasteiger charge is -2.17. The number of likely N-dealkylation sites (tertiary alicyclic amines) is 1. The normalized spacial score (nSPS) is 18.2. The second-order valence-corrected chi connectivity index (χ2v) is 5.31. The van der Waals surface area contributed by atoms with Gasteiger partial charge in [0, 0.05) is 19.5 Å². The zero-order valence-electron chi connectivity index (χ0n) is 11.5. The Hall–Kier alpha value is -2.04. The van der Waals surface area contributed by atoms with Crippen molar-refractivity contribution < 1.29 is 19.8 Å². The minimum Gasteiger partial charge on any atom is -0.507 e. The lowest BCUT2D eigenvalue weighted by Crippen LogP contribution is -2.28. The van der Waals surface area contributed by atoms with E-state index in [2.05, 4.69) is 0 Å². The van der Waals surface area contributed by atoms with Gasteiger partial charge in [-0.05, 0) is 37.3 Å². The number of aliphatic carboxylic acids is 1. The maximum absolute atomic E-state index is 12.4. The number of carboxylic acid groups (broad SMARTS) is 1. The molecule has 1 unspecified atom stereocenters. The Bertz CT molecular complexity index is 527. The smallest absolute Gasteiger partial charge is 0.303 e. The van der Waals surface area contributed by atoms with Crippen LogP contribution in [-0.2, 0) is 4.79 Å². The molecule has 1 aliphatic rings. The fourth-order valence-corrected chi connectivity index (χ4v) is 2.58. The molecule has 2 N–H and O–H groups in total. The third-order valence-electron chi connectivity index (χ3n) is 3.81. The molecule has 0 saturated carbocycles. The van der Waals surface area contributed by atoms with E-state index in [1.54, 1.807) is 30.0 Å². The van der Waals surface area contributed by atoms with Gasteiger partial charge >= 0.3 is 5.97 Å². The number of phenolic OH excluding ortho intramolecular Hbond substituents is 1. The predicted octanol–water partition coefficient (Wildman–Crippen LogP) is 2.03. The standard InChI is InChI=1S/C15H19NO4/c1-10-3-2-4-12(14(10)19)15(20)16-8-7-11(9-16)5-6-13(17)18/h2-4,11,19H,5-9H2,1H3,(H,17,18). The fraction of sp³-hybridized carbons (Fsp3) is 0.467. The highest BCUT2D eigenvalue weighted by Gasteiger charge is 2.28. The number of carboxylic acids is 1. The molecule has 0 radical (unpaired) electrons. The summed E-state index contributed by atoms with van der Waals surface area (Å²) in [4.78, 5) is 24.6. The molecule has 1 saturated heterocycles. The largest absolute Gasteiger partial charge is 0.507 e. The van der Waals surface area contributed by atoms with Gasteiger partial charge < -0.3 is 15.1 Å². The predicted molar refractivity (Wildman–Crippen MR) is 73.7 cm³/mol. The molecular weight excluding hydrogens is 258 g/mol. The number of nitrogens with zero attached hydrogens (tertiary/aromatic N) is 1. The quantitative estimate of drug-likeness (QED) is 0.882. The van der Waals surface area contributed by atoms with E-state index in [1.807, 2.05) is 0 Å². The van der Waals surface area contributed by atoms with Crippen molar-refractivity contribution in [1.82, 2.24) is 4.90 Å². The Balaban J connectivity index is 2.01. The van der Waals surface area contributed by atoms with Crippen molar-refractivity contribution in [3.63, 3.8) is 0 Å². The monoisotopic (exact) mass is 277 g/mol. The number of hydrogen-bond acceptors (Lipinski definition) is 3. The van der Waals surface area contributed by atoms with E-state index in [9.17, 15) is 14.7 Å². The van der Waals surface area contributed by atoms with Crippen LogP contribution >= 0.6 is 0 Å². The van der Waals surface area contributed by atoms with Crippen LogP contribution in [0, 0.1) is 12.8 Å². The van der Waals surface area contributed by atoms with Gasteiger partial charge in [-0.2, -0.15) is 0 Å². The molecule has 1 aromatic carbocycles. The zero-order valence-corrected chi connectivity index (χ0v) is 11.5. The van der Waals surface area contributed by atoms with Crippen LogP contribution in [0.3, 0.4) is 0 Å². The second kappa shape index (κ2) is 5.94. The molecular formula is C15H19NO4. The number of para-hydroxylation sites is 1. The Labute approximate surface area is 117 Å². The molecule has 1 aliphatic heterocycles. The third kappa shape index (κ3) is 3.10. The van der Waals surface area contributed by atoms with E-state index in [-0.39, 0.29) is 24.0 Å². The van der Waals surface area contributed by atoms with E-state index < -0.39 is 5.97 Å². The van der Waals surface area contributed by atoms with Crippen molar-refractivity contribution in [2.45, 2.75) is 26.2 Å². The SMILES string of the molecule is Cc1cccc(C(=O)N2CCC(CCC(=O)O)C2)c1O. The van der Waals surface area contributed by atoms with Gasteiger partial charge in [-0.3, -0.25) is 9.59 Å². The first-order chi connectivity index (χ1) is 9.49. The van der Waals surface area contributed by atoms with Crippen LogP contribution in [0.2, 0.25) is 0 Å². The molecule has 0 bridgehead atoms. The Morgan fingerprint density at radius 1 is 1.40 bits per heavy atom. The molecule has 5 nitrogen and oxygen atoms in total. The van der Waals surface area contributed by atoms with Gasteiger partial charge in [0.25, 0.3) is 5.91 Å². The van der Waals surface area contributed by atoms with Gasteiger partial charge in [-0.25, -0.2) is 0 Å². The summed E-state index contributed by atoms with van der Waals surface area (Å²) in [6.45, 7) is 2.95. The van der Waals surface area contributed by atoms with E-state index in [0.717, 1.165) is 6.42 Å². The molecule has 108 valence electrons. The number of benzene rings is 1. The van der Waals surface area contributed by atoms with Crippen molar-refractivity contribution in [1.29, 1.82) is 0 Å². The van der Waals surface area contributed by atoms with Crippen molar-refractivity contribution in [3.8, 4) is 5.75 Å². The van der Waals surface area contributed by atoms with Gasteiger partial charge in [-0.15, -0.1) is 0 Å². The molecule has 2 rings (SSSR count). The minimum atomic E-state index is -0.800. The summed E-state index contributed by atoms with van der Waals surface area (Å²) in [5, 5.41) is 18.6. The molecule has 1 atom stereocenters.